The topological polar surface area (TPSA) is 21.3 Å². The molecule has 2 rings (SSSR count). The van der Waals surface area contributed by atoms with E-state index < -0.39 is 0 Å². The maximum atomic E-state index is 5.68. The van der Waals surface area contributed by atoms with Gasteiger partial charge in [-0.05, 0) is 63.6 Å². The SMILES string of the molecule is CCC(NC(C)c1ccc(OC(C)C)cc1)C1CC1. The Balaban J connectivity index is 1.92. The van der Waals surface area contributed by atoms with Crippen molar-refractivity contribution in [2.75, 3.05) is 0 Å². The van der Waals surface area contributed by atoms with Gasteiger partial charge in [0.05, 0.1) is 6.10 Å². The molecule has 2 unspecified atom stereocenters. The van der Waals surface area contributed by atoms with Gasteiger partial charge in [-0.15, -0.1) is 0 Å². The van der Waals surface area contributed by atoms with Crippen molar-refractivity contribution >= 4 is 0 Å². The summed E-state index contributed by atoms with van der Waals surface area (Å²) in [7, 11) is 0. The summed E-state index contributed by atoms with van der Waals surface area (Å²) in [6.07, 6.45) is 4.27. The van der Waals surface area contributed by atoms with Crippen LogP contribution in [-0.4, -0.2) is 12.1 Å². The first-order valence-electron chi connectivity index (χ1n) is 7.62. The molecule has 1 aliphatic rings. The maximum Gasteiger partial charge on any atom is 0.119 e. The summed E-state index contributed by atoms with van der Waals surface area (Å²) in [4.78, 5) is 0. The number of benzene rings is 1. The Labute approximate surface area is 117 Å². The fourth-order valence-corrected chi connectivity index (χ4v) is 2.61. The lowest BCUT2D eigenvalue weighted by Gasteiger charge is -2.22. The van der Waals surface area contributed by atoms with Gasteiger partial charge >= 0.3 is 0 Å². The molecular formula is C17H27NO. The molecule has 0 heterocycles. The summed E-state index contributed by atoms with van der Waals surface area (Å²) in [5.74, 6) is 1.87. The number of ether oxygens (including phenoxy) is 1. The largest absolute Gasteiger partial charge is 0.491 e. The molecule has 0 amide bonds. The zero-order valence-corrected chi connectivity index (χ0v) is 12.6. The van der Waals surface area contributed by atoms with Crippen molar-refractivity contribution in [3.05, 3.63) is 29.8 Å². The van der Waals surface area contributed by atoms with Crippen molar-refractivity contribution in [3.63, 3.8) is 0 Å². The summed E-state index contributed by atoms with van der Waals surface area (Å²) in [6.45, 7) is 8.64. The average Bonchev–Trinajstić information content (AvgIpc) is 3.20. The Kier molecular flexibility index (Phi) is 4.87. The van der Waals surface area contributed by atoms with Gasteiger partial charge in [0, 0.05) is 12.1 Å². The van der Waals surface area contributed by atoms with Crippen LogP contribution in [0.5, 0.6) is 5.75 Å². The molecule has 1 fully saturated rings. The lowest BCUT2D eigenvalue weighted by molar-refractivity contribution is 0.242. The first-order chi connectivity index (χ1) is 9.10. The van der Waals surface area contributed by atoms with Gasteiger partial charge in [0.1, 0.15) is 5.75 Å². The molecule has 0 aliphatic heterocycles. The second-order valence-corrected chi connectivity index (χ2v) is 5.98. The quantitative estimate of drug-likeness (QED) is 0.789. The summed E-state index contributed by atoms with van der Waals surface area (Å²) in [5, 5.41) is 3.76. The molecule has 0 radical (unpaired) electrons. The van der Waals surface area contributed by atoms with E-state index >= 15 is 0 Å². The van der Waals surface area contributed by atoms with Crippen molar-refractivity contribution in [1.82, 2.24) is 5.32 Å². The van der Waals surface area contributed by atoms with Gasteiger partial charge in [-0.2, -0.15) is 0 Å². The molecule has 1 N–H and O–H groups in total. The van der Waals surface area contributed by atoms with Crippen LogP contribution < -0.4 is 10.1 Å². The average molecular weight is 261 g/mol. The van der Waals surface area contributed by atoms with E-state index in [1.807, 2.05) is 0 Å². The van der Waals surface area contributed by atoms with Crippen LogP contribution in [0.1, 0.15) is 58.6 Å². The molecular weight excluding hydrogens is 234 g/mol. The molecule has 106 valence electrons. The summed E-state index contributed by atoms with van der Waals surface area (Å²) in [6, 6.07) is 9.60. The molecule has 19 heavy (non-hydrogen) atoms. The van der Waals surface area contributed by atoms with Gasteiger partial charge in [-0.3, -0.25) is 0 Å². The molecule has 1 aromatic carbocycles. The lowest BCUT2D eigenvalue weighted by atomic mass is 10.0. The highest BCUT2D eigenvalue weighted by Crippen LogP contribution is 2.35. The van der Waals surface area contributed by atoms with Crippen molar-refractivity contribution in [2.24, 2.45) is 5.92 Å². The van der Waals surface area contributed by atoms with Crippen LogP contribution in [0.3, 0.4) is 0 Å². The van der Waals surface area contributed by atoms with E-state index in [2.05, 4.69) is 57.3 Å². The van der Waals surface area contributed by atoms with E-state index in [4.69, 9.17) is 4.74 Å². The van der Waals surface area contributed by atoms with E-state index in [0.29, 0.717) is 12.1 Å². The maximum absolute atomic E-state index is 5.68. The highest BCUT2D eigenvalue weighted by Gasteiger charge is 2.30. The molecule has 2 nitrogen and oxygen atoms in total. The number of hydrogen-bond donors (Lipinski definition) is 1. The van der Waals surface area contributed by atoms with E-state index in [-0.39, 0.29) is 6.10 Å². The molecule has 0 spiro atoms. The molecule has 0 saturated heterocycles. The highest BCUT2D eigenvalue weighted by molar-refractivity contribution is 5.29. The standard InChI is InChI=1S/C17H27NO/c1-5-17(15-6-7-15)18-13(4)14-8-10-16(11-9-14)19-12(2)3/h8-13,15,17-18H,5-7H2,1-4H3. The van der Waals surface area contributed by atoms with E-state index in [1.165, 1.54) is 24.8 Å². The molecule has 0 aromatic heterocycles. The zero-order valence-electron chi connectivity index (χ0n) is 12.6. The second kappa shape index (κ2) is 6.42. The van der Waals surface area contributed by atoms with Crippen LogP contribution in [0.25, 0.3) is 0 Å². The van der Waals surface area contributed by atoms with Gasteiger partial charge in [0.2, 0.25) is 0 Å². The van der Waals surface area contributed by atoms with Gasteiger partial charge in [0.15, 0.2) is 0 Å². The first-order valence-corrected chi connectivity index (χ1v) is 7.62. The third kappa shape index (κ3) is 4.24. The Morgan fingerprint density at radius 2 is 1.79 bits per heavy atom. The predicted molar refractivity (Wildman–Crippen MR) is 80.6 cm³/mol. The lowest BCUT2D eigenvalue weighted by Crippen LogP contribution is -2.32. The van der Waals surface area contributed by atoms with E-state index in [0.717, 1.165) is 11.7 Å². The van der Waals surface area contributed by atoms with Gasteiger partial charge < -0.3 is 10.1 Å². The third-order valence-corrected chi connectivity index (χ3v) is 3.85. The van der Waals surface area contributed by atoms with Crippen molar-refractivity contribution in [1.29, 1.82) is 0 Å². The summed E-state index contributed by atoms with van der Waals surface area (Å²) < 4.78 is 5.68. The number of rotatable bonds is 7. The van der Waals surface area contributed by atoms with Crippen molar-refractivity contribution in [2.45, 2.75) is 65.1 Å². The molecule has 2 heteroatoms. The van der Waals surface area contributed by atoms with Crippen LogP contribution in [-0.2, 0) is 0 Å². The monoisotopic (exact) mass is 261 g/mol. The molecule has 2 atom stereocenters. The van der Waals surface area contributed by atoms with Gasteiger partial charge in [0.25, 0.3) is 0 Å². The second-order valence-electron chi connectivity index (χ2n) is 5.98. The zero-order chi connectivity index (χ0) is 13.8. The Hall–Kier alpha value is -1.02. The highest BCUT2D eigenvalue weighted by atomic mass is 16.5. The molecule has 1 aliphatic carbocycles. The molecule has 0 bridgehead atoms. The van der Waals surface area contributed by atoms with Crippen LogP contribution in [0.2, 0.25) is 0 Å². The Morgan fingerprint density at radius 3 is 2.26 bits per heavy atom. The van der Waals surface area contributed by atoms with Crippen LogP contribution in [0.4, 0.5) is 0 Å². The summed E-state index contributed by atoms with van der Waals surface area (Å²) in [5.41, 5.74) is 1.34. The number of hydrogen-bond acceptors (Lipinski definition) is 2. The smallest absolute Gasteiger partial charge is 0.119 e. The van der Waals surface area contributed by atoms with Crippen molar-refractivity contribution in [3.8, 4) is 5.75 Å². The van der Waals surface area contributed by atoms with E-state index in [9.17, 15) is 0 Å². The Bertz CT molecular complexity index is 381. The summed E-state index contributed by atoms with van der Waals surface area (Å²) >= 11 is 0. The minimum atomic E-state index is 0.237. The van der Waals surface area contributed by atoms with Gasteiger partial charge in [-0.25, -0.2) is 0 Å². The van der Waals surface area contributed by atoms with Gasteiger partial charge in [-0.1, -0.05) is 19.1 Å². The first kappa shape index (κ1) is 14.4. The minimum absolute atomic E-state index is 0.237. The minimum Gasteiger partial charge on any atom is -0.491 e. The number of nitrogens with one attached hydrogen (secondary N) is 1. The molecule has 1 aromatic rings. The Morgan fingerprint density at radius 1 is 1.16 bits per heavy atom. The van der Waals surface area contributed by atoms with Crippen LogP contribution in [0.15, 0.2) is 24.3 Å². The normalized spacial score (nSPS) is 18.4. The van der Waals surface area contributed by atoms with Crippen LogP contribution >= 0.6 is 0 Å². The van der Waals surface area contributed by atoms with E-state index in [1.54, 1.807) is 0 Å². The fourth-order valence-electron chi connectivity index (χ4n) is 2.61. The van der Waals surface area contributed by atoms with Crippen molar-refractivity contribution < 1.29 is 4.74 Å². The predicted octanol–water partition coefficient (Wildman–Crippen LogP) is 4.31. The third-order valence-electron chi connectivity index (χ3n) is 3.85. The van der Waals surface area contributed by atoms with Crippen LogP contribution in [0, 0.1) is 5.92 Å². The molecule has 1 saturated carbocycles. The fraction of sp³-hybridized carbons (Fsp3) is 0.647.